The van der Waals surface area contributed by atoms with Crippen LogP contribution in [-0.4, -0.2) is 63.2 Å². The third kappa shape index (κ3) is 6.09. The Bertz CT molecular complexity index is 1910. The molecule has 0 atom stereocenters. The maximum atomic E-state index is 13.1. The summed E-state index contributed by atoms with van der Waals surface area (Å²) in [6.07, 6.45) is -0.605. The fourth-order valence-corrected chi connectivity index (χ4v) is 9.20. The zero-order valence-electron chi connectivity index (χ0n) is 27.7. The molecular weight excluding hydrogens is 638 g/mol. The van der Waals surface area contributed by atoms with Crippen molar-refractivity contribution in [3.05, 3.63) is 46.0 Å². The number of halogens is 3. The third-order valence-electron chi connectivity index (χ3n) is 10.5. The molecule has 13 heteroatoms. The lowest BCUT2D eigenvalue weighted by Gasteiger charge is -2.71. The van der Waals surface area contributed by atoms with Gasteiger partial charge in [-0.3, -0.25) is 9.69 Å². The summed E-state index contributed by atoms with van der Waals surface area (Å²) in [5.41, 5.74) is 4.29. The van der Waals surface area contributed by atoms with E-state index in [1.807, 2.05) is 19.9 Å². The van der Waals surface area contributed by atoms with Gasteiger partial charge in [-0.1, -0.05) is 19.9 Å². The fraction of sp³-hybridized carbons (Fsp3) is 0.543. The number of hydrogen-bond donors (Lipinski definition) is 3. The first-order valence-corrected chi connectivity index (χ1v) is 17.5. The first-order chi connectivity index (χ1) is 22.8. The number of benzene rings is 1. The van der Waals surface area contributed by atoms with E-state index in [0.717, 1.165) is 80.5 Å². The number of hydrogen-bond acceptors (Lipinski definition) is 8. The standard InChI is InChI=1S/C35H41F3N8OS/c1-20(2)30(47)44-34-16-33(17-34,18-34)19-46-24(14-39)11-26-21(3)22(5-6-28(26)46)15-45-9-7-23(8-10-45)41-29-27-12-25(13-35(36,37)38)48-31(27)43-32(40-4)42-29/h5-6,11-12,20,23H,7-10,13,15-19H2,1-4H3,(H,44,47)(H2,40,41,42,43). The summed E-state index contributed by atoms with van der Waals surface area (Å²) < 4.78 is 41.4. The Morgan fingerprint density at radius 1 is 1.15 bits per heavy atom. The van der Waals surface area contributed by atoms with Crippen LogP contribution in [-0.2, 0) is 24.3 Å². The Labute approximate surface area is 281 Å². The Morgan fingerprint density at radius 2 is 1.88 bits per heavy atom. The van der Waals surface area contributed by atoms with E-state index in [2.05, 4.69) is 60.5 Å². The zero-order valence-corrected chi connectivity index (χ0v) is 28.5. The van der Waals surface area contributed by atoms with Crippen LogP contribution in [0.5, 0.6) is 0 Å². The van der Waals surface area contributed by atoms with Crippen LogP contribution in [0.15, 0.2) is 24.3 Å². The number of alkyl halides is 3. The van der Waals surface area contributed by atoms with E-state index in [1.54, 1.807) is 13.1 Å². The van der Waals surface area contributed by atoms with Crippen molar-refractivity contribution in [2.75, 3.05) is 30.8 Å². The second-order valence-electron chi connectivity index (χ2n) is 14.5. The number of fused-ring (bicyclic) bond motifs is 2. The topological polar surface area (TPSA) is 111 Å². The average molecular weight is 679 g/mol. The maximum absolute atomic E-state index is 13.1. The lowest BCUT2D eigenvalue weighted by Crippen LogP contribution is -2.75. The number of aromatic nitrogens is 3. The van der Waals surface area contributed by atoms with Crippen LogP contribution in [0.4, 0.5) is 24.9 Å². The molecule has 2 bridgehead atoms. The molecule has 0 radical (unpaired) electrons. The summed E-state index contributed by atoms with van der Waals surface area (Å²) in [6, 6.07) is 10.5. The third-order valence-corrected chi connectivity index (χ3v) is 11.5. The van der Waals surface area contributed by atoms with E-state index in [1.165, 1.54) is 11.1 Å². The lowest BCUT2D eigenvalue weighted by atomic mass is 9.39. The number of amides is 1. The number of thiophene rings is 1. The van der Waals surface area contributed by atoms with E-state index in [-0.39, 0.29) is 33.7 Å². The Balaban J connectivity index is 0.998. The van der Waals surface area contributed by atoms with Crippen LogP contribution in [0.3, 0.4) is 0 Å². The van der Waals surface area contributed by atoms with Gasteiger partial charge in [-0.25, -0.2) is 4.98 Å². The highest BCUT2D eigenvalue weighted by Crippen LogP contribution is 2.68. The van der Waals surface area contributed by atoms with Crippen molar-refractivity contribution in [2.45, 2.75) is 90.1 Å². The lowest BCUT2D eigenvalue weighted by molar-refractivity contribution is -0.173. The first kappa shape index (κ1) is 32.6. The highest BCUT2D eigenvalue weighted by molar-refractivity contribution is 7.18. The predicted molar refractivity (Wildman–Crippen MR) is 182 cm³/mol. The first-order valence-electron chi connectivity index (χ1n) is 16.7. The Kier molecular flexibility index (Phi) is 8.10. The largest absolute Gasteiger partial charge is 0.393 e. The summed E-state index contributed by atoms with van der Waals surface area (Å²) in [4.78, 5) is 24.4. The Morgan fingerprint density at radius 3 is 2.52 bits per heavy atom. The van der Waals surface area contributed by atoms with Crippen LogP contribution >= 0.6 is 11.3 Å². The van der Waals surface area contributed by atoms with E-state index >= 15 is 0 Å². The van der Waals surface area contributed by atoms with Gasteiger partial charge in [0.25, 0.3) is 0 Å². The SMILES string of the molecule is CNc1nc(NC2CCN(Cc3ccc4c(cc(C#N)n4CC45CC(NC(=O)C(C)C)(C4)C5)c3C)CC2)c2cc(CC(F)(F)F)sc2n1. The normalized spacial score (nSPS) is 22.8. The number of aryl methyl sites for hydroxylation is 1. The molecule has 4 aliphatic rings. The van der Waals surface area contributed by atoms with Crippen molar-refractivity contribution in [3.63, 3.8) is 0 Å². The van der Waals surface area contributed by atoms with Crippen molar-refractivity contribution in [1.82, 2.24) is 24.8 Å². The molecule has 3 saturated carbocycles. The molecule has 0 spiro atoms. The minimum Gasteiger partial charge on any atom is -0.367 e. The molecule has 48 heavy (non-hydrogen) atoms. The number of rotatable bonds is 10. The number of carbonyl (C=O) groups is 1. The van der Waals surface area contributed by atoms with E-state index in [9.17, 15) is 23.2 Å². The number of likely N-dealkylation sites (tertiary alicyclic amines) is 1. The quantitative estimate of drug-likeness (QED) is 0.170. The van der Waals surface area contributed by atoms with E-state index in [0.29, 0.717) is 27.7 Å². The Hall–Kier alpha value is -3.89. The van der Waals surface area contributed by atoms with Gasteiger partial charge in [0, 0.05) is 66.5 Å². The minimum absolute atomic E-state index is 0.0200. The summed E-state index contributed by atoms with van der Waals surface area (Å²) in [5, 5.41) is 21.5. The summed E-state index contributed by atoms with van der Waals surface area (Å²) in [5.74, 6) is 1.05. The number of carbonyl (C=O) groups excluding carboxylic acids is 1. The van der Waals surface area contributed by atoms with Crippen LogP contribution < -0.4 is 16.0 Å². The smallest absolute Gasteiger partial charge is 0.367 e. The van der Waals surface area contributed by atoms with Gasteiger partial charge in [0.2, 0.25) is 11.9 Å². The van der Waals surface area contributed by atoms with Crippen LogP contribution in [0, 0.1) is 29.6 Å². The average Bonchev–Trinajstić information content (AvgIpc) is 3.57. The van der Waals surface area contributed by atoms with E-state index in [4.69, 9.17) is 0 Å². The minimum atomic E-state index is -4.28. The number of nitriles is 1. The molecule has 1 aliphatic heterocycles. The van der Waals surface area contributed by atoms with Crippen molar-refractivity contribution in [2.24, 2.45) is 11.3 Å². The summed E-state index contributed by atoms with van der Waals surface area (Å²) >= 11 is 1.06. The van der Waals surface area contributed by atoms with Gasteiger partial charge in [-0.05, 0) is 73.8 Å². The molecule has 8 rings (SSSR count). The molecule has 3 aromatic heterocycles. The molecule has 4 fully saturated rings. The van der Waals surface area contributed by atoms with Gasteiger partial charge < -0.3 is 20.5 Å². The molecule has 4 aromatic rings. The van der Waals surface area contributed by atoms with Crippen LogP contribution in [0.25, 0.3) is 21.1 Å². The molecule has 4 heterocycles. The van der Waals surface area contributed by atoms with Gasteiger partial charge in [0.05, 0.1) is 11.8 Å². The molecule has 1 aromatic carbocycles. The molecule has 1 saturated heterocycles. The fourth-order valence-electron chi connectivity index (χ4n) is 8.14. The second kappa shape index (κ2) is 11.9. The summed E-state index contributed by atoms with van der Waals surface area (Å²) in [7, 11) is 1.70. The molecule has 3 aliphatic carbocycles. The molecule has 1 amide bonds. The van der Waals surface area contributed by atoms with Crippen molar-refractivity contribution >= 4 is 50.1 Å². The van der Waals surface area contributed by atoms with Crippen molar-refractivity contribution < 1.29 is 18.0 Å². The molecule has 9 nitrogen and oxygen atoms in total. The predicted octanol–water partition coefficient (Wildman–Crippen LogP) is 6.74. The molecule has 3 N–H and O–H groups in total. The van der Waals surface area contributed by atoms with Crippen molar-refractivity contribution in [1.29, 1.82) is 5.26 Å². The number of nitrogens with one attached hydrogen (secondary N) is 3. The molecule has 254 valence electrons. The van der Waals surface area contributed by atoms with Gasteiger partial charge >= 0.3 is 6.18 Å². The van der Waals surface area contributed by atoms with Gasteiger partial charge in [0.15, 0.2) is 0 Å². The van der Waals surface area contributed by atoms with E-state index < -0.39 is 12.6 Å². The maximum Gasteiger partial charge on any atom is 0.393 e. The number of piperidine rings is 1. The number of anilines is 2. The monoisotopic (exact) mass is 678 g/mol. The van der Waals surface area contributed by atoms with Crippen LogP contribution in [0.2, 0.25) is 0 Å². The van der Waals surface area contributed by atoms with Crippen LogP contribution in [0.1, 0.15) is 67.6 Å². The molecule has 0 unspecified atom stereocenters. The van der Waals surface area contributed by atoms with Crippen molar-refractivity contribution in [3.8, 4) is 6.07 Å². The second-order valence-corrected chi connectivity index (χ2v) is 15.6. The zero-order chi connectivity index (χ0) is 34.0. The van der Waals surface area contributed by atoms with Gasteiger partial charge in [0.1, 0.15) is 22.4 Å². The highest BCUT2D eigenvalue weighted by atomic mass is 32.1. The summed E-state index contributed by atoms with van der Waals surface area (Å²) in [6.45, 7) is 9.32. The highest BCUT2D eigenvalue weighted by Gasteiger charge is 2.68. The molecular formula is C35H41F3N8OS. The van der Waals surface area contributed by atoms with Gasteiger partial charge in [-0.2, -0.15) is 23.4 Å². The number of nitrogens with zero attached hydrogens (tertiary/aromatic N) is 5. The van der Waals surface area contributed by atoms with Gasteiger partial charge in [-0.15, -0.1) is 11.3 Å².